The summed E-state index contributed by atoms with van der Waals surface area (Å²) < 4.78 is 0. The summed E-state index contributed by atoms with van der Waals surface area (Å²) in [6, 6.07) is 5.66. The lowest BCUT2D eigenvalue weighted by molar-refractivity contribution is 1.11. The third-order valence-electron chi connectivity index (χ3n) is 1.66. The normalized spacial score (nSPS) is 9.92. The van der Waals surface area contributed by atoms with Gasteiger partial charge in [0, 0.05) is 12.4 Å². The molecule has 0 aromatic carbocycles. The molecule has 4 N–H and O–H groups in total. The van der Waals surface area contributed by atoms with Crippen LogP contribution in [-0.2, 0) is 0 Å². The van der Waals surface area contributed by atoms with Crippen molar-refractivity contribution < 1.29 is 0 Å². The van der Waals surface area contributed by atoms with Gasteiger partial charge in [-0.2, -0.15) is 0 Å². The fourth-order valence-electron chi connectivity index (χ4n) is 1.07. The summed E-state index contributed by atoms with van der Waals surface area (Å²) in [6.45, 7) is 0. The molecule has 2 heterocycles. The number of nitrogens with zero attached hydrogens (tertiary/aromatic N) is 2. The zero-order valence-corrected chi connectivity index (χ0v) is 6.86. The van der Waals surface area contributed by atoms with E-state index < -0.39 is 0 Å². The second kappa shape index (κ2) is 3.24. The highest BCUT2D eigenvalue weighted by Gasteiger charge is 2.00. The van der Waals surface area contributed by atoms with Gasteiger partial charge in [0.05, 0.1) is 11.4 Å². The maximum atomic E-state index is 5.19. The van der Waals surface area contributed by atoms with Crippen LogP contribution in [0.5, 0.6) is 0 Å². The summed E-state index contributed by atoms with van der Waals surface area (Å²) in [5.74, 6) is 5.60. The second-order valence-corrected chi connectivity index (χ2v) is 2.49. The first kappa shape index (κ1) is 7.75. The molecule has 0 fully saturated rings. The number of hydrazine groups is 1. The van der Waals surface area contributed by atoms with Gasteiger partial charge in [0.2, 0.25) is 5.95 Å². The number of nitrogen functional groups attached to an aromatic ring is 1. The van der Waals surface area contributed by atoms with E-state index in [1.807, 2.05) is 24.4 Å². The minimum Gasteiger partial charge on any atom is -0.360 e. The van der Waals surface area contributed by atoms with E-state index in [-0.39, 0.29) is 0 Å². The summed E-state index contributed by atoms with van der Waals surface area (Å²) in [5.41, 5.74) is 4.15. The van der Waals surface area contributed by atoms with Crippen molar-refractivity contribution in [3.8, 4) is 11.4 Å². The lowest BCUT2D eigenvalue weighted by atomic mass is 10.3. The van der Waals surface area contributed by atoms with Gasteiger partial charge < -0.3 is 4.98 Å². The van der Waals surface area contributed by atoms with Gasteiger partial charge in [-0.1, -0.05) is 0 Å². The fraction of sp³-hybridized carbons (Fsp3) is 0. The third kappa shape index (κ3) is 1.50. The minimum absolute atomic E-state index is 0.409. The van der Waals surface area contributed by atoms with Crippen LogP contribution in [-0.4, -0.2) is 15.0 Å². The highest BCUT2D eigenvalue weighted by molar-refractivity contribution is 5.55. The number of nitrogens with two attached hydrogens (primary N) is 1. The number of aromatic amines is 1. The lowest BCUT2D eigenvalue weighted by Gasteiger charge is -1.99. The third-order valence-corrected chi connectivity index (χ3v) is 1.66. The minimum atomic E-state index is 0.409. The zero-order chi connectivity index (χ0) is 9.10. The fourth-order valence-corrected chi connectivity index (χ4v) is 1.07. The molecule has 0 atom stereocenters. The maximum Gasteiger partial charge on any atom is 0.237 e. The number of nitrogens with one attached hydrogen (secondary N) is 2. The average molecular weight is 175 g/mol. The van der Waals surface area contributed by atoms with E-state index in [1.54, 1.807) is 6.20 Å². The molecule has 0 aliphatic heterocycles. The Hall–Kier alpha value is -1.88. The molecule has 0 saturated heterocycles. The smallest absolute Gasteiger partial charge is 0.237 e. The van der Waals surface area contributed by atoms with Crippen LogP contribution in [0.3, 0.4) is 0 Å². The van der Waals surface area contributed by atoms with Gasteiger partial charge in [-0.15, -0.1) is 0 Å². The predicted octanol–water partition coefficient (Wildman–Crippen LogP) is 0.757. The average Bonchev–Trinajstić information content (AvgIpc) is 2.71. The monoisotopic (exact) mass is 175 g/mol. The molecule has 5 nitrogen and oxygen atoms in total. The van der Waals surface area contributed by atoms with Crippen molar-refractivity contribution in [1.82, 2.24) is 15.0 Å². The number of H-pyrrole nitrogens is 1. The molecule has 0 spiro atoms. The van der Waals surface area contributed by atoms with Crippen LogP contribution in [0, 0.1) is 0 Å². The van der Waals surface area contributed by atoms with Crippen molar-refractivity contribution in [1.29, 1.82) is 0 Å². The van der Waals surface area contributed by atoms with E-state index >= 15 is 0 Å². The van der Waals surface area contributed by atoms with Gasteiger partial charge in [0.1, 0.15) is 0 Å². The summed E-state index contributed by atoms with van der Waals surface area (Å²) in [4.78, 5) is 11.1. The quantitative estimate of drug-likeness (QED) is 0.465. The molecule has 0 amide bonds. The molecule has 0 saturated carbocycles. The van der Waals surface area contributed by atoms with Crippen LogP contribution in [0.2, 0.25) is 0 Å². The van der Waals surface area contributed by atoms with Gasteiger partial charge in [0.25, 0.3) is 0 Å². The van der Waals surface area contributed by atoms with Gasteiger partial charge in [-0.25, -0.2) is 15.8 Å². The van der Waals surface area contributed by atoms with E-state index in [4.69, 9.17) is 5.84 Å². The Morgan fingerprint density at radius 3 is 3.00 bits per heavy atom. The molecule has 0 aliphatic rings. The Morgan fingerprint density at radius 1 is 1.38 bits per heavy atom. The molecule has 2 aromatic rings. The Morgan fingerprint density at radius 2 is 2.31 bits per heavy atom. The molecule has 0 radical (unpaired) electrons. The molecule has 2 aromatic heterocycles. The van der Waals surface area contributed by atoms with E-state index in [9.17, 15) is 0 Å². The van der Waals surface area contributed by atoms with Gasteiger partial charge >= 0.3 is 0 Å². The molecular formula is C8H9N5. The Balaban J connectivity index is 2.41. The first-order chi connectivity index (χ1) is 6.40. The number of hydrogen-bond donors (Lipinski definition) is 3. The van der Waals surface area contributed by atoms with Crippen molar-refractivity contribution in [2.45, 2.75) is 0 Å². The summed E-state index contributed by atoms with van der Waals surface area (Å²) in [6.07, 6.45) is 3.49. The predicted molar refractivity (Wildman–Crippen MR) is 49.6 cm³/mol. The summed E-state index contributed by atoms with van der Waals surface area (Å²) >= 11 is 0. The van der Waals surface area contributed by atoms with Gasteiger partial charge in [-0.3, -0.25) is 5.43 Å². The van der Waals surface area contributed by atoms with Crippen LogP contribution < -0.4 is 11.3 Å². The largest absolute Gasteiger partial charge is 0.360 e. The Kier molecular flexibility index (Phi) is 1.93. The van der Waals surface area contributed by atoms with Crippen molar-refractivity contribution in [2.75, 3.05) is 5.43 Å². The standard InChI is InChI=1S/C8H9N5/c9-13-8-11-5-3-7(12-8)6-2-1-4-10-6/h1-5,10H,9H2,(H,11,12,13). The molecule has 13 heavy (non-hydrogen) atoms. The number of aromatic nitrogens is 3. The van der Waals surface area contributed by atoms with Crippen LogP contribution in [0.4, 0.5) is 5.95 Å². The summed E-state index contributed by atoms with van der Waals surface area (Å²) in [7, 11) is 0. The van der Waals surface area contributed by atoms with Crippen molar-refractivity contribution in [2.24, 2.45) is 5.84 Å². The van der Waals surface area contributed by atoms with Crippen LogP contribution in [0.1, 0.15) is 0 Å². The van der Waals surface area contributed by atoms with E-state index in [2.05, 4.69) is 20.4 Å². The van der Waals surface area contributed by atoms with Crippen LogP contribution in [0.25, 0.3) is 11.4 Å². The van der Waals surface area contributed by atoms with E-state index in [0.717, 1.165) is 11.4 Å². The Bertz CT molecular complexity index is 381. The highest BCUT2D eigenvalue weighted by Crippen LogP contribution is 2.13. The van der Waals surface area contributed by atoms with Gasteiger partial charge in [-0.05, 0) is 18.2 Å². The number of hydrogen-bond acceptors (Lipinski definition) is 4. The molecule has 0 aliphatic carbocycles. The molecule has 5 heteroatoms. The Labute approximate surface area is 75.0 Å². The lowest BCUT2D eigenvalue weighted by Crippen LogP contribution is -2.10. The van der Waals surface area contributed by atoms with E-state index in [1.165, 1.54) is 0 Å². The summed E-state index contributed by atoms with van der Waals surface area (Å²) in [5, 5.41) is 0. The van der Waals surface area contributed by atoms with Crippen molar-refractivity contribution in [3.05, 3.63) is 30.6 Å². The van der Waals surface area contributed by atoms with Crippen LogP contribution >= 0.6 is 0 Å². The molecule has 0 unspecified atom stereocenters. The zero-order valence-electron chi connectivity index (χ0n) is 6.86. The second-order valence-electron chi connectivity index (χ2n) is 2.49. The first-order valence-corrected chi connectivity index (χ1v) is 3.83. The molecule has 66 valence electrons. The SMILES string of the molecule is NNc1nccc(-c2ccc[nH]2)n1. The molecular weight excluding hydrogens is 166 g/mol. The maximum absolute atomic E-state index is 5.19. The molecule has 2 rings (SSSR count). The van der Waals surface area contributed by atoms with Crippen LogP contribution in [0.15, 0.2) is 30.6 Å². The molecule has 0 bridgehead atoms. The first-order valence-electron chi connectivity index (χ1n) is 3.83. The highest BCUT2D eigenvalue weighted by atomic mass is 15.3. The van der Waals surface area contributed by atoms with E-state index in [0.29, 0.717) is 5.95 Å². The van der Waals surface area contributed by atoms with Gasteiger partial charge in [0.15, 0.2) is 0 Å². The van der Waals surface area contributed by atoms with Crippen molar-refractivity contribution >= 4 is 5.95 Å². The topological polar surface area (TPSA) is 79.6 Å². The van der Waals surface area contributed by atoms with Crippen molar-refractivity contribution in [3.63, 3.8) is 0 Å². The number of rotatable bonds is 2. The number of anilines is 1.